The van der Waals surface area contributed by atoms with Crippen molar-refractivity contribution in [1.82, 2.24) is 20.1 Å². The molecule has 3 N–H and O–H groups in total. The van der Waals surface area contributed by atoms with Gasteiger partial charge in [-0.15, -0.1) is 0 Å². The largest absolute Gasteiger partial charge is 0.419 e. The van der Waals surface area contributed by atoms with E-state index in [1.807, 2.05) is 0 Å². The number of imide groups is 1. The Bertz CT molecular complexity index is 1990. The topological polar surface area (TPSA) is 160 Å². The van der Waals surface area contributed by atoms with Crippen molar-refractivity contribution in [3.05, 3.63) is 47.8 Å². The molecule has 0 radical (unpaired) electrons. The second kappa shape index (κ2) is 16.8. The van der Waals surface area contributed by atoms with Gasteiger partial charge in [-0.25, -0.2) is 13.8 Å². The predicted molar refractivity (Wildman–Crippen MR) is 206 cm³/mol. The van der Waals surface area contributed by atoms with E-state index in [-0.39, 0.29) is 67.8 Å². The van der Waals surface area contributed by atoms with Gasteiger partial charge < -0.3 is 20.3 Å². The number of pyridine rings is 1. The molecule has 0 bridgehead atoms. The highest BCUT2D eigenvalue weighted by Crippen LogP contribution is 2.42. The number of nitrogens with one attached hydrogen (secondary N) is 3. The van der Waals surface area contributed by atoms with Crippen molar-refractivity contribution in [3.63, 3.8) is 0 Å². The van der Waals surface area contributed by atoms with Gasteiger partial charge in [0.25, 0.3) is 11.8 Å². The van der Waals surface area contributed by atoms with Gasteiger partial charge in [-0.1, -0.05) is 6.07 Å². The van der Waals surface area contributed by atoms with Crippen LogP contribution in [0.4, 0.5) is 39.0 Å². The van der Waals surface area contributed by atoms with Gasteiger partial charge in [0.15, 0.2) is 10.8 Å². The van der Waals surface area contributed by atoms with E-state index in [0.717, 1.165) is 11.1 Å². The minimum absolute atomic E-state index is 0.0349. The number of amides is 4. The van der Waals surface area contributed by atoms with Gasteiger partial charge in [-0.3, -0.25) is 34.3 Å². The van der Waals surface area contributed by atoms with Crippen LogP contribution in [0, 0.1) is 17.2 Å². The number of hydrogen-bond donors (Lipinski definition) is 3. The number of carbonyl (C=O) groups is 4. The molecule has 6 rings (SSSR count). The number of nitrogens with zero attached hydrogens (tertiary/aromatic N) is 5. The van der Waals surface area contributed by atoms with Crippen LogP contribution in [0.3, 0.4) is 0 Å². The molecule has 1 aromatic heterocycles. The molecule has 1 aliphatic carbocycles. The third-order valence-electron chi connectivity index (χ3n) is 11.6. The number of likely N-dealkylation sites (tertiary alicyclic amines) is 1. The maximum Gasteiger partial charge on any atom is 0.419 e. The smallest absolute Gasteiger partial charge is 0.378 e. The van der Waals surface area contributed by atoms with E-state index in [0.29, 0.717) is 49.5 Å². The molecule has 3 saturated heterocycles. The SMILES string of the molecule is C[C@H]1N(CC(=O)Nc2cccc(NC3CCC(=O)NC3=O)c2)CCC(CCO[C@H]2CC[C@H](N3C(=S)N(c4cnc(C#N)c(C(F)(F)F)c4)C(=O)C3(C)C)CC2)C1(F)F. The number of nitriles is 1. The number of aromatic nitrogens is 1. The second-order valence-corrected chi connectivity index (χ2v) is 16.1. The number of ether oxygens (including phenoxy) is 1. The fraction of sp³-hybridized carbons (Fsp3) is 0.564. The number of thiocarbonyl (C=S) groups is 1. The van der Waals surface area contributed by atoms with E-state index in [1.54, 1.807) is 43.0 Å². The standard InChI is InChI=1S/C39H45F5N8O5S/c1-22-38(40,41)23(13-15-50(22)21-33(54)48-25-6-4-5-24(17-25)47-30-11-12-32(53)49-34(30)55)14-16-57-28-9-7-26(8-10-28)52-36(58)51(35(56)37(52,2)3)27-18-29(39(42,43)44)31(19-45)46-20-27/h4-6,17-18,20,22-23,26,28,30,47H,7-16,21H2,1-3H3,(H,48,54)(H,49,53,55)/t22-,23?,26-,28-,30?/m1/s1. The Balaban J connectivity index is 0.963. The van der Waals surface area contributed by atoms with Gasteiger partial charge in [-0.05, 0) is 109 Å². The first-order chi connectivity index (χ1) is 27.3. The Kier molecular flexibility index (Phi) is 12.4. The number of benzene rings is 1. The Hall–Kier alpha value is -4.80. The van der Waals surface area contributed by atoms with Crippen molar-refractivity contribution in [3.8, 4) is 6.07 Å². The van der Waals surface area contributed by atoms with E-state index >= 15 is 8.78 Å². The maximum absolute atomic E-state index is 15.7. The monoisotopic (exact) mass is 832 g/mol. The average Bonchev–Trinajstić information content (AvgIpc) is 3.34. The molecule has 312 valence electrons. The highest BCUT2D eigenvalue weighted by molar-refractivity contribution is 7.80. The Morgan fingerprint density at radius 3 is 2.47 bits per heavy atom. The lowest BCUT2D eigenvalue weighted by atomic mass is 9.85. The van der Waals surface area contributed by atoms with E-state index in [2.05, 4.69) is 20.9 Å². The van der Waals surface area contributed by atoms with Crippen LogP contribution in [-0.2, 0) is 30.1 Å². The molecule has 0 spiro atoms. The summed E-state index contributed by atoms with van der Waals surface area (Å²) in [5, 5.41) is 17.2. The van der Waals surface area contributed by atoms with Gasteiger partial charge in [0.2, 0.25) is 17.7 Å². The third-order valence-corrected chi connectivity index (χ3v) is 12.0. The number of halogens is 5. The molecule has 3 atom stereocenters. The zero-order chi connectivity index (χ0) is 42.2. The molecule has 1 saturated carbocycles. The third kappa shape index (κ3) is 8.93. The number of anilines is 3. The highest BCUT2D eigenvalue weighted by atomic mass is 32.1. The minimum Gasteiger partial charge on any atom is -0.378 e. The van der Waals surface area contributed by atoms with Crippen LogP contribution in [0.1, 0.15) is 83.4 Å². The average molecular weight is 833 g/mol. The molecule has 2 unspecified atom stereocenters. The molecule has 4 amide bonds. The van der Waals surface area contributed by atoms with Crippen molar-refractivity contribution >= 4 is 58.0 Å². The summed E-state index contributed by atoms with van der Waals surface area (Å²) < 4.78 is 78.5. The first-order valence-electron chi connectivity index (χ1n) is 19.2. The lowest BCUT2D eigenvalue weighted by Crippen LogP contribution is -2.57. The van der Waals surface area contributed by atoms with Crippen molar-refractivity contribution in [2.24, 2.45) is 5.92 Å². The van der Waals surface area contributed by atoms with Gasteiger partial charge in [0.1, 0.15) is 17.6 Å². The first kappa shape index (κ1) is 42.8. The van der Waals surface area contributed by atoms with Crippen LogP contribution < -0.4 is 20.9 Å². The minimum atomic E-state index is -4.87. The molecule has 4 heterocycles. The Morgan fingerprint density at radius 2 is 1.79 bits per heavy atom. The lowest BCUT2D eigenvalue weighted by molar-refractivity contribution is -0.157. The number of carbonyl (C=O) groups excluding carboxylic acids is 4. The number of hydrogen-bond acceptors (Lipinski definition) is 10. The Labute approximate surface area is 337 Å². The summed E-state index contributed by atoms with van der Waals surface area (Å²) in [6, 6.07) is 6.77. The van der Waals surface area contributed by atoms with Gasteiger partial charge >= 0.3 is 6.18 Å². The molecule has 4 aliphatic rings. The van der Waals surface area contributed by atoms with E-state index in [1.165, 1.54) is 17.9 Å². The maximum atomic E-state index is 15.7. The van der Waals surface area contributed by atoms with Crippen LogP contribution >= 0.6 is 12.2 Å². The molecular formula is C39H45F5N8O5S. The zero-order valence-corrected chi connectivity index (χ0v) is 33.0. The molecule has 4 fully saturated rings. The molecule has 3 aliphatic heterocycles. The summed E-state index contributed by atoms with van der Waals surface area (Å²) >= 11 is 5.66. The second-order valence-electron chi connectivity index (χ2n) is 15.7. The predicted octanol–water partition coefficient (Wildman–Crippen LogP) is 5.60. The van der Waals surface area contributed by atoms with Crippen LogP contribution in [0.15, 0.2) is 36.5 Å². The van der Waals surface area contributed by atoms with Crippen LogP contribution in [0.2, 0.25) is 0 Å². The summed E-state index contributed by atoms with van der Waals surface area (Å²) in [5.74, 6) is -5.80. The Morgan fingerprint density at radius 1 is 1.09 bits per heavy atom. The zero-order valence-electron chi connectivity index (χ0n) is 32.2. The van der Waals surface area contributed by atoms with E-state index < -0.39 is 64.6 Å². The van der Waals surface area contributed by atoms with Crippen molar-refractivity contribution < 1.29 is 45.9 Å². The fourth-order valence-electron chi connectivity index (χ4n) is 8.33. The number of rotatable bonds is 11. The normalized spacial score (nSPS) is 26.3. The summed E-state index contributed by atoms with van der Waals surface area (Å²) in [6.45, 7) is 4.86. The van der Waals surface area contributed by atoms with E-state index in [4.69, 9.17) is 22.2 Å². The molecular weight excluding hydrogens is 788 g/mol. The van der Waals surface area contributed by atoms with Gasteiger partial charge in [0, 0.05) is 36.4 Å². The molecule has 58 heavy (non-hydrogen) atoms. The summed E-state index contributed by atoms with van der Waals surface area (Å²) in [4.78, 5) is 58.0. The fourth-order valence-corrected chi connectivity index (χ4v) is 8.89. The molecule has 1 aromatic carbocycles. The molecule has 13 nitrogen and oxygen atoms in total. The summed E-state index contributed by atoms with van der Waals surface area (Å²) in [5.41, 5.74) is -2.46. The molecule has 2 aromatic rings. The highest BCUT2D eigenvalue weighted by Gasteiger charge is 2.53. The van der Waals surface area contributed by atoms with Crippen molar-refractivity contribution in [2.75, 3.05) is 35.2 Å². The summed E-state index contributed by atoms with van der Waals surface area (Å²) in [7, 11) is 0. The van der Waals surface area contributed by atoms with Crippen LogP contribution in [-0.4, -0.2) is 98.9 Å². The van der Waals surface area contributed by atoms with Crippen molar-refractivity contribution in [1.29, 1.82) is 5.26 Å². The number of alkyl halides is 5. The van der Waals surface area contributed by atoms with Crippen molar-refractivity contribution in [2.45, 2.75) is 114 Å². The van der Waals surface area contributed by atoms with Gasteiger partial charge in [0.05, 0.1) is 36.1 Å². The first-order valence-corrected chi connectivity index (χ1v) is 19.6. The molecule has 19 heteroatoms. The lowest BCUT2D eigenvalue weighted by Gasteiger charge is -2.44. The summed E-state index contributed by atoms with van der Waals surface area (Å²) in [6.07, 6.45) is -1.03. The number of piperidine rings is 2. The van der Waals surface area contributed by atoms with E-state index in [9.17, 15) is 32.3 Å². The van der Waals surface area contributed by atoms with Gasteiger partial charge in [-0.2, -0.15) is 18.4 Å². The quantitative estimate of drug-likeness (QED) is 0.147. The van der Waals surface area contributed by atoms with Crippen LogP contribution in [0.5, 0.6) is 0 Å². The van der Waals surface area contributed by atoms with Crippen LogP contribution in [0.25, 0.3) is 0 Å².